The number of fused-ring (bicyclic) bond motifs is 3. The van der Waals surface area contributed by atoms with Gasteiger partial charge in [-0.1, -0.05) is 40.0 Å². The van der Waals surface area contributed by atoms with Crippen LogP contribution in [0.3, 0.4) is 0 Å². The molecular weight excluding hydrogens is 268 g/mol. The van der Waals surface area contributed by atoms with Gasteiger partial charge in [0.25, 0.3) is 0 Å². The lowest BCUT2D eigenvalue weighted by Gasteiger charge is -2.55. The molecule has 0 aromatic carbocycles. The molecule has 0 spiro atoms. The van der Waals surface area contributed by atoms with Crippen LogP contribution < -0.4 is 0 Å². The maximum atomic E-state index is 10.3. The zero-order chi connectivity index (χ0) is 15.9. The minimum absolute atomic E-state index is 0.107. The van der Waals surface area contributed by atoms with Crippen molar-refractivity contribution in [2.24, 2.45) is 40.9 Å². The first kappa shape index (κ1) is 16.8. The minimum atomic E-state index is -0.107. The van der Waals surface area contributed by atoms with E-state index in [0.717, 1.165) is 29.6 Å². The molecule has 22 heavy (non-hydrogen) atoms. The predicted molar refractivity (Wildman–Crippen MR) is 93.6 cm³/mol. The molecule has 0 bridgehead atoms. The van der Waals surface area contributed by atoms with Gasteiger partial charge < -0.3 is 5.11 Å². The first-order valence-corrected chi connectivity index (χ1v) is 10.2. The Morgan fingerprint density at radius 2 is 1.82 bits per heavy atom. The summed E-state index contributed by atoms with van der Waals surface area (Å²) >= 11 is 0. The minimum Gasteiger partial charge on any atom is -0.393 e. The summed E-state index contributed by atoms with van der Waals surface area (Å²) in [4.78, 5) is 0. The molecule has 0 radical (unpaired) electrons. The number of aliphatic hydroxyl groups is 1. The molecule has 3 aliphatic carbocycles. The van der Waals surface area contributed by atoms with E-state index in [4.69, 9.17) is 0 Å². The average Bonchev–Trinajstić information content (AvgIpc) is 2.85. The monoisotopic (exact) mass is 306 g/mol. The Kier molecular flexibility index (Phi) is 4.93. The van der Waals surface area contributed by atoms with Crippen LogP contribution in [0.4, 0.5) is 0 Å². The largest absolute Gasteiger partial charge is 0.393 e. The van der Waals surface area contributed by atoms with Gasteiger partial charge in [0.05, 0.1) is 6.10 Å². The summed E-state index contributed by atoms with van der Waals surface area (Å²) in [7, 11) is 0. The highest BCUT2D eigenvalue weighted by atomic mass is 16.3. The van der Waals surface area contributed by atoms with Crippen molar-refractivity contribution >= 4 is 0 Å². The van der Waals surface area contributed by atoms with E-state index in [1.165, 1.54) is 57.8 Å². The lowest BCUT2D eigenvalue weighted by atomic mass is 9.50. The van der Waals surface area contributed by atoms with Crippen LogP contribution in [0, 0.1) is 40.9 Å². The van der Waals surface area contributed by atoms with Crippen LogP contribution in [0.15, 0.2) is 0 Å². The van der Waals surface area contributed by atoms with Gasteiger partial charge in [0.1, 0.15) is 0 Å². The van der Waals surface area contributed by atoms with Gasteiger partial charge in [0.15, 0.2) is 0 Å². The molecule has 128 valence electrons. The van der Waals surface area contributed by atoms with Gasteiger partial charge in [0, 0.05) is 0 Å². The fourth-order valence-corrected chi connectivity index (χ4v) is 7.36. The lowest BCUT2D eigenvalue weighted by molar-refractivity contribution is -0.0721. The van der Waals surface area contributed by atoms with Crippen LogP contribution in [-0.4, -0.2) is 11.2 Å². The van der Waals surface area contributed by atoms with E-state index in [9.17, 15) is 5.11 Å². The second-order valence-electron chi connectivity index (χ2n) is 9.10. The third-order valence-electron chi connectivity index (χ3n) is 8.32. The van der Waals surface area contributed by atoms with Crippen molar-refractivity contribution in [3.05, 3.63) is 0 Å². The molecule has 0 aromatic heterocycles. The number of rotatable bonds is 4. The van der Waals surface area contributed by atoms with Crippen molar-refractivity contribution in [1.82, 2.24) is 0 Å². The molecule has 0 aliphatic heterocycles. The summed E-state index contributed by atoms with van der Waals surface area (Å²) in [5.74, 6) is 5.45. The van der Waals surface area contributed by atoms with Gasteiger partial charge in [-0.3, -0.25) is 0 Å². The van der Waals surface area contributed by atoms with Crippen molar-refractivity contribution < 1.29 is 5.11 Å². The Bertz CT molecular complexity index is 376. The fourth-order valence-electron chi connectivity index (χ4n) is 7.36. The summed E-state index contributed by atoms with van der Waals surface area (Å²) in [6.07, 6.45) is 12.6. The molecule has 0 saturated heterocycles. The SMILES string of the molecule is CCCC1C(CC)CCC2C1CCC1(C)C(C(C)O)CCC21. The van der Waals surface area contributed by atoms with Crippen LogP contribution in [0.25, 0.3) is 0 Å². The first-order valence-electron chi connectivity index (χ1n) is 10.2. The van der Waals surface area contributed by atoms with E-state index in [1.807, 2.05) is 6.92 Å². The van der Waals surface area contributed by atoms with Gasteiger partial charge in [0.2, 0.25) is 0 Å². The van der Waals surface area contributed by atoms with E-state index >= 15 is 0 Å². The standard InChI is InChI=1S/C21H38O/c1-5-7-16-15(6-2)8-9-18-17(16)12-13-21(4)19(14(3)22)10-11-20(18)21/h14-20,22H,5-13H2,1-4H3. The number of hydrogen-bond acceptors (Lipinski definition) is 1. The summed E-state index contributed by atoms with van der Waals surface area (Å²) in [5, 5.41) is 10.3. The molecule has 0 aromatic rings. The lowest BCUT2D eigenvalue weighted by Crippen LogP contribution is -2.48. The molecule has 0 amide bonds. The Labute approximate surface area is 138 Å². The zero-order valence-electron chi connectivity index (χ0n) is 15.4. The second kappa shape index (κ2) is 6.46. The summed E-state index contributed by atoms with van der Waals surface area (Å²) in [6.45, 7) is 9.36. The third kappa shape index (κ3) is 2.56. The summed E-state index contributed by atoms with van der Waals surface area (Å²) in [6, 6.07) is 0. The highest BCUT2D eigenvalue weighted by Crippen LogP contribution is 2.64. The topological polar surface area (TPSA) is 20.2 Å². The Morgan fingerprint density at radius 3 is 2.45 bits per heavy atom. The number of hydrogen-bond donors (Lipinski definition) is 1. The quantitative estimate of drug-likeness (QED) is 0.710. The van der Waals surface area contributed by atoms with Gasteiger partial charge in [-0.2, -0.15) is 0 Å². The fraction of sp³-hybridized carbons (Fsp3) is 1.00. The average molecular weight is 307 g/mol. The highest BCUT2D eigenvalue weighted by Gasteiger charge is 2.56. The Hall–Kier alpha value is -0.0400. The molecule has 1 N–H and O–H groups in total. The molecule has 0 heterocycles. The maximum Gasteiger partial charge on any atom is 0.0545 e. The smallest absolute Gasteiger partial charge is 0.0545 e. The van der Waals surface area contributed by atoms with E-state index in [1.54, 1.807) is 0 Å². The highest BCUT2D eigenvalue weighted by molar-refractivity contribution is 5.06. The van der Waals surface area contributed by atoms with E-state index in [-0.39, 0.29) is 6.10 Å². The normalized spacial score (nSPS) is 49.5. The molecule has 1 heteroatoms. The molecular formula is C21H38O. The van der Waals surface area contributed by atoms with Crippen molar-refractivity contribution in [3.63, 3.8) is 0 Å². The van der Waals surface area contributed by atoms with Crippen LogP contribution in [-0.2, 0) is 0 Å². The Morgan fingerprint density at radius 1 is 1.05 bits per heavy atom. The van der Waals surface area contributed by atoms with E-state index < -0.39 is 0 Å². The predicted octanol–water partition coefficient (Wildman–Crippen LogP) is 5.66. The van der Waals surface area contributed by atoms with Gasteiger partial charge in [-0.15, -0.1) is 0 Å². The van der Waals surface area contributed by atoms with Crippen molar-refractivity contribution in [2.75, 3.05) is 0 Å². The third-order valence-corrected chi connectivity index (χ3v) is 8.32. The van der Waals surface area contributed by atoms with Crippen LogP contribution in [0.5, 0.6) is 0 Å². The first-order chi connectivity index (χ1) is 10.5. The van der Waals surface area contributed by atoms with Crippen molar-refractivity contribution in [1.29, 1.82) is 0 Å². The van der Waals surface area contributed by atoms with Gasteiger partial charge in [-0.25, -0.2) is 0 Å². The van der Waals surface area contributed by atoms with Crippen LogP contribution in [0.2, 0.25) is 0 Å². The second-order valence-corrected chi connectivity index (χ2v) is 9.10. The van der Waals surface area contributed by atoms with Gasteiger partial charge >= 0.3 is 0 Å². The van der Waals surface area contributed by atoms with E-state index in [2.05, 4.69) is 20.8 Å². The summed E-state index contributed by atoms with van der Waals surface area (Å²) in [5.41, 5.74) is 0.436. The van der Waals surface area contributed by atoms with Gasteiger partial charge in [-0.05, 0) is 86.4 Å². The molecule has 3 saturated carbocycles. The molecule has 3 fully saturated rings. The molecule has 3 aliphatic rings. The maximum absolute atomic E-state index is 10.3. The van der Waals surface area contributed by atoms with E-state index in [0.29, 0.717) is 11.3 Å². The molecule has 8 unspecified atom stereocenters. The zero-order valence-corrected chi connectivity index (χ0v) is 15.4. The molecule has 8 atom stereocenters. The Balaban J connectivity index is 1.81. The molecule has 1 nitrogen and oxygen atoms in total. The molecule has 3 rings (SSSR count). The van der Waals surface area contributed by atoms with Crippen molar-refractivity contribution in [2.45, 2.75) is 91.6 Å². The van der Waals surface area contributed by atoms with Crippen LogP contribution in [0.1, 0.15) is 85.5 Å². The summed E-state index contributed by atoms with van der Waals surface area (Å²) < 4.78 is 0. The number of aliphatic hydroxyl groups excluding tert-OH is 1. The van der Waals surface area contributed by atoms with Crippen molar-refractivity contribution in [3.8, 4) is 0 Å². The van der Waals surface area contributed by atoms with Crippen LogP contribution >= 0.6 is 0 Å².